The third kappa shape index (κ3) is 3.54. The van der Waals surface area contributed by atoms with Crippen molar-refractivity contribution < 1.29 is 13.7 Å². The average Bonchev–Trinajstić information content (AvgIpc) is 3.11. The molecule has 0 aliphatic rings. The Hall–Kier alpha value is -4.09. The van der Waals surface area contributed by atoms with Crippen molar-refractivity contribution in [2.24, 2.45) is 0 Å². The van der Waals surface area contributed by atoms with Gasteiger partial charge >= 0.3 is 5.69 Å². The predicted octanol–water partition coefficient (Wildman–Crippen LogP) is 2.94. The van der Waals surface area contributed by atoms with Gasteiger partial charge in [-0.05, 0) is 19.1 Å². The number of rotatable bonds is 5. The van der Waals surface area contributed by atoms with Crippen LogP contribution in [0.5, 0.6) is 0 Å². The van der Waals surface area contributed by atoms with Gasteiger partial charge in [-0.1, -0.05) is 0 Å². The second-order valence-corrected chi connectivity index (χ2v) is 6.03. The summed E-state index contributed by atoms with van der Waals surface area (Å²) in [5, 5.41) is 14.2. The van der Waals surface area contributed by atoms with Crippen LogP contribution in [0.2, 0.25) is 0 Å². The molecule has 0 radical (unpaired) electrons. The molecule has 1 atom stereocenters. The van der Waals surface area contributed by atoms with E-state index >= 15 is 0 Å². The van der Waals surface area contributed by atoms with Crippen molar-refractivity contribution in [2.75, 3.05) is 5.32 Å². The number of aromatic nitrogens is 6. The molecule has 10 nitrogen and oxygen atoms in total. The van der Waals surface area contributed by atoms with Gasteiger partial charge in [0.15, 0.2) is 11.6 Å². The van der Waals surface area contributed by atoms with E-state index in [2.05, 4.69) is 30.2 Å². The lowest BCUT2D eigenvalue weighted by Gasteiger charge is -2.13. The van der Waals surface area contributed by atoms with E-state index < -0.39 is 22.6 Å². The number of fused-ring (bicyclic) bond motifs is 1. The molecule has 0 fully saturated rings. The molecule has 0 aromatic carbocycles. The highest BCUT2D eigenvalue weighted by atomic mass is 19.1. The molecule has 4 aromatic rings. The van der Waals surface area contributed by atoms with Crippen LogP contribution in [0.25, 0.3) is 17.2 Å². The first kappa shape index (κ1) is 18.3. The van der Waals surface area contributed by atoms with Crippen LogP contribution in [-0.4, -0.2) is 34.2 Å². The Morgan fingerprint density at radius 2 is 1.83 bits per heavy atom. The van der Waals surface area contributed by atoms with Crippen LogP contribution in [0.4, 0.5) is 20.3 Å². The first-order chi connectivity index (χ1) is 13.9. The molecule has 0 unspecified atom stereocenters. The van der Waals surface area contributed by atoms with Gasteiger partial charge in [0.25, 0.3) is 0 Å². The number of anilines is 1. The van der Waals surface area contributed by atoms with E-state index in [4.69, 9.17) is 0 Å². The van der Waals surface area contributed by atoms with Crippen molar-refractivity contribution in [1.82, 2.24) is 29.3 Å². The summed E-state index contributed by atoms with van der Waals surface area (Å²) in [7, 11) is 0. The Morgan fingerprint density at radius 1 is 1.07 bits per heavy atom. The van der Waals surface area contributed by atoms with Crippen LogP contribution in [0.15, 0.2) is 43.1 Å². The Bertz CT molecular complexity index is 1210. The van der Waals surface area contributed by atoms with Crippen molar-refractivity contribution in [3.63, 3.8) is 0 Å². The Labute approximate surface area is 161 Å². The summed E-state index contributed by atoms with van der Waals surface area (Å²) in [5.74, 6) is -0.858. The van der Waals surface area contributed by atoms with Gasteiger partial charge in [-0.3, -0.25) is 14.5 Å². The molecule has 12 heteroatoms. The van der Waals surface area contributed by atoms with Crippen LogP contribution in [0.1, 0.15) is 18.8 Å². The number of halogens is 2. The number of nitrogens with zero attached hydrogens (tertiary/aromatic N) is 7. The van der Waals surface area contributed by atoms with E-state index in [9.17, 15) is 18.9 Å². The lowest BCUT2D eigenvalue weighted by molar-refractivity contribution is -0.384. The topological polar surface area (TPSA) is 124 Å². The number of hydrogen-bond acceptors (Lipinski definition) is 8. The predicted molar refractivity (Wildman–Crippen MR) is 96.9 cm³/mol. The van der Waals surface area contributed by atoms with Crippen molar-refractivity contribution in [1.29, 1.82) is 0 Å². The van der Waals surface area contributed by atoms with Gasteiger partial charge in [0.1, 0.15) is 29.2 Å². The number of pyridine rings is 1. The molecule has 29 heavy (non-hydrogen) atoms. The molecule has 0 saturated heterocycles. The van der Waals surface area contributed by atoms with E-state index in [1.807, 2.05) is 0 Å². The lowest BCUT2D eigenvalue weighted by atomic mass is 10.3. The standard InChI is InChI=1S/C17H12F2N8O2/c1-9(15-21-4-11(19)5-22-15)24-17-13(27(28)29)7-23-16(25-17)12-6-20-14-3-2-10(18)8-26(12)14/h2-9H,1H3,(H,23,24,25)/t9-/m1/s1. The second kappa shape index (κ2) is 7.14. The molecular formula is C17H12F2N8O2. The van der Waals surface area contributed by atoms with Gasteiger partial charge in [0.2, 0.25) is 5.82 Å². The maximum absolute atomic E-state index is 13.6. The number of imidazole rings is 1. The highest BCUT2D eigenvalue weighted by molar-refractivity contribution is 5.63. The minimum atomic E-state index is -0.640. The van der Waals surface area contributed by atoms with Crippen molar-refractivity contribution in [3.05, 3.63) is 70.7 Å². The van der Waals surface area contributed by atoms with E-state index in [1.54, 1.807) is 6.92 Å². The summed E-state index contributed by atoms with van der Waals surface area (Å²) >= 11 is 0. The van der Waals surface area contributed by atoms with E-state index in [0.717, 1.165) is 18.6 Å². The Morgan fingerprint density at radius 3 is 2.55 bits per heavy atom. The van der Waals surface area contributed by atoms with E-state index in [0.29, 0.717) is 11.3 Å². The van der Waals surface area contributed by atoms with Crippen molar-refractivity contribution in [2.45, 2.75) is 13.0 Å². The first-order valence-electron chi connectivity index (χ1n) is 8.31. The Balaban J connectivity index is 1.75. The number of nitrogens with one attached hydrogen (secondary N) is 1. The zero-order valence-electron chi connectivity index (χ0n) is 14.8. The molecule has 146 valence electrons. The number of nitro groups is 1. The monoisotopic (exact) mass is 398 g/mol. The quantitative estimate of drug-likeness (QED) is 0.402. The lowest BCUT2D eigenvalue weighted by Crippen LogP contribution is -2.13. The zero-order valence-corrected chi connectivity index (χ0v) is 14.8. The van der Waals surface area contributed by atoms with Gasteiger partial charge in [-0.2, -0.15) is 0 Å². The summed E-state index contributed by atoms with van der Waals surface area (Å²) in [6.07, 6.45) is 5.68. The SMILES string of the molecule is C[C@@H](Nc1nc(-c2cnc3ccc(F)cn23)ncc1[N+](=O)[O-])c1ncc(F)cn1. The minimum Gasteiger partial charge on any atom is -0.354 e. The van der Waals surface area contributed by atoms with Gasteiger partial charge in [-0.15, -0.1) is 0 Å². The number of hydrogen-bond donors (Lipinski definition) is 1. The smallest absolute Gasteiger partial charge is 0.329 e. The van der Waals surface area contributed by atoms with E-state index in [1.165, 1.54) is 28.9 Å². The van der Waals surface area contributed by atoms with Gasteiger partial charge < -0.3 is 5.32 Å². The summed E-state index contributed by atoms with van der Waals surface area (Å²) in [5.41, 5.74) is 0.441. The van der Waals surface area contributed by atoms with Crippen LogP contribution in [0, 0.1) is 21.7 Å². The Kier molecular flexibility index (Phi) is 4.50. The molecule has 0 aliphatic heterocycles. The van der Waals surface area contributed by atoms with E-state index in [-0.39, 0.29) is 23.2 Å². The van der Waals surface area contributed by atoms with Crippen LogP contribution >= 0.6 is 0 Å². The highest BCUT2D eigenvalue weighted by Crippen LogP contribution is 2.28. The third-order valence-electron chi connectivity index (χ3n) is 4.05. The normalized spacial score (nSPS) is 12.1. The van der Waals surface area contributed by atoms with Crippen LogP contribution < -0.4 is 5.32 Å². The summed E-state index contributed by atoms with van der Waals surface area (Å²) in [6, 6.07) is 2.13. The molecule has 4 aromatic heterocycles. The molecule has 4 rings (SSSR count). The fraction of sp³-hybridized carbons (Fsp3) is 0.118. The van der Waals surface area contributed by atoms with Crippen LogP contribution in [-0.2, 0) is 0 Å². The average molecular weight is 398 g/mol. The molecule has 0 saturated carbocycles. The maximum Gasteiger partial charge on any atom is 0.329 e. The molecule has 0 amide bonds. The van der Waals surface area contributed by atoms with Crippen molar-refractivity contribution >= 4 is 17.2 Å². The van der Waals surface area contributed by atoms with Gasteiger partial charge in [0, 0.05) is 6.20 Å². The van der Waals surface area contributed by atoms with Gasteiger partial charge in [0.05, 0.1) is 29.6 Å². The van der Waals surface area contributed by atoms with Gasteiger partial charge in [-0.25, -0.2) is 33.7 Å². The summed E-state index contributed by atoms with van der Waals surface area (Å²) in [6.45, 7) is 1.64. The molecule has 0 bridgehead atoms. The summed E-state index contributed by atoms with van der Waals surface area (Å²) < 4.78 is 28.1. The third-order valence-corrected chi connectivity index (χ3v) is 4.05. The van der Waals surface area contributed by atoms with Crippen molar-refractivity contribution in [3.8, 4) is 11.5 Å². The molecule has 1 N–H and O–H groups in total. The second-order valence-electron chi connectivity index (χ2n) is 6.03. The highest BCUT2D eigenvalue weighted by Gasteiger charge is 2.22. The fourth-order valence-corrected chi connectivity index (χ4v) is 2.67. The molecule has 4 heterocycles. The van der Waals surface area contributed by atoms with Crippen LogP contribution in [0.3, 0.4) is 0 Å². The largest absolute Gasteiger partial charge is 0.354 e. The zero-order chi connectivity index (χ0) is 20.5. The molecule has 0 spiro atoms. The summed E-state index contributed by atoms with van der Waals surface area (Å²) in [4.78, 5) is 30.8. The minimum absolute atomic E-state index is 0.0909. The molecule has 0 aliphatic carbocycles. The fourth-order valence-electron chi connectivity index (χ4n) is 2.67. The first-order valence-corrected chi connectivity index (χ1v) is 8.31. The molecular weight excluding hydrogens is 386 g/mol. The maximum atomic E-state index is 13.6.